The maximum Gasteiger partial charge on any atom is 0.344 e. The minimum absolute atomic E-state index is 0.0643. The number of hydrogen-bond donors (Lipinski definition) is 0. The first-order valence-corrected chi connectivity index (χ1v) is 9.44. The molecule has 0 heterocycles. The molecule has 0 fully saturated rings. The van der Waals surface area contributed by atoms with Crippen molar-refractivity contribution in [2.45, 2.75) is 13.2 Å². The summed E-state index contributed by atoms with van der Waals surface area (Å²) in [6, 6.07) is 22.4. The lowest BCUT2D eigenvalue weighted by Gasteiger charge is -2.13. The van der Waals surface area contributed by atoms with Crippen LogP contribution < -0.4 is 18.9 Å². The van der Waals surface area contributed by atoms with Crippen LogP contribution in [0, 0.1) is 0 Å². The van der Waals surface area contributed by atoms with Crippen LogP contribution in [0.3, 0.4) is 0 Å². The summed E-state index contributed by atoms with van der Waals surface area (Å²) in [4.78, 5) is 12.0. The monoisotopic (exact) mass is 408 g/mol. The van der Waals surface area contributed by atoms with E-state index in [1.165, 1.54) is 0 Å². The minimum atomic E-state index is -0.482. The first-order chi connectivity index (χ1) is 14.7. The second kappa shape index (κ2) is 10.8. The Bertz CT molecular complexity index is 938. The molecule has 0 aromatic heterocycles. The highest BCUT2D eigenvalue weighted by Crippen LogP contribution is 2.31. The molecule has 0 aliphatic heterocycles. The van der Waals surface area contributed by atoms with E-state index in [-0.39, 0.29) is 13.2 Å². The maximum absolute atomic E-state index is 12.0. The molecule has 0 N–H and O–H groups in total. The maximum atomic E-state index is 12.0. The molecule has 0 saturated heterocycles. The average Bonchev–Trinajstić information content (AvgIpc) is 2.81. The Balaban J connectivity index is 1.45. The summed E-state index contributed by atoms with van der Waals surface area (Å²) in [6.07, 6.45) is 0. The molecule has 0 aliphatic rings. The fraction of sp³-hybridized carbons (Fsp3) is 0.208. The molecule has 0 amide bonds. The number of rotatable bonds is 10. The van der Waals surface area contributed by atoms with Crippen LogP contribution in [0.4, 0.5) is 0 Å². The van der Waals surface area contributed by atoms with Crippen molar-refractivity contribution in [3.8, 4) is 23.0 Å². The number of hydrogen-bond acceptors (Lipinski definition) is 6. The number of carbonyl (C=O) groups is 1. The molecule has 0 aliphatic carbocycles. The number of carbonyl (C=O) groups excluding carboxylic acids is 1. The number of esters is 1. The van der Waals surface area contributed by atoms with Crippen LogP contribution in [0.25, 0.3) is 0 Å². The van der Waals surface area contributed by atoms with Crippen molar-refractivity contribution >= 4 is 5.97 Å². The van der Waals surface area contributed by atoms with Gasteiger partial charge in [0.25, 0.3) is 0 Å². The minimum Gasteiger partial charge on any atom is -0.493 e. The highest BCUT2D eigenvalue weighted by molar-refractivity contribution is 5.71. The molecule has 0 atom stereocenters. The molecule has 0 radical (unpaired) electrons. The summed E-state index contributed by atoms with van der Waals surface area (Å²) >= 11 is 0. The van der Waals surface area contributed by atoms with Crippen molar-refractivity contribution in [3.05, 3.63) is 83.9 Å². The van der Waals surface area contributed by atoms with E-state index in [0.29, 0.717) is 29.4 Å². The van der Waals surface area contributed by atoms with Gasteiger partial charge in [-0.1, -0.05) is 42.5 Å². The Hall–Kier alpha value is -3.67. The smallest absolute Gasteiger partial charge is 0.344 e. The van der Waals surface area contributed by atoms with Crippen molar-refractivity contribution in [1.82, 2.24) is 0 Å². The van der Waals surface area contributed by atoms with Gasteiger partial charge in [-0.25, -0.2) is 4.79 Å². The molecule has 6 nitrogen and oxygen atoms in total. The zero-order valence-corrected chi connectivity index (χ0v) is 17.0. The summed E-state index contributed by atoms with van der Waals surface area (Å²) < 4.78 is 27.1. The summed E-state index contributed by atoms with van der Waals surface area (Å²) in [5, 5.41) is 0. The normalized spacial score (nSPS) is 10.2. The fourth-order valence-corrected chi connectivity index (χ4v) is 2.78. The summed E-state index contributed by atoms with van der Waals surface area (Å²) in [5.74, 6) is 1.91. The predicted molar refractivity (Wildman–Crippen MR) is 112 cm³/mol. The lowest BCUT2D eigenvalue weighted by atomic mass is 10.2. The average molecular weight is 408 g/mol. The van der Waals surface area contributed by atoms with Crippen LogP contribution in [0.15, 0.2) is 72.8 Å². The van der Waals surface area contributed by atoms with E-state index in [9.17, 15) is 4.79 Å². The highest BCUT2D eigenvalue weighted by Gasteiger charge is 2.12. The Morgan fingerprint density at radius 2 is 1.43 bits per heavy atom. The molecular weight excluding hydrogens is 384 g/mol. The van der Waals surface area contributed by atoms with Crippen molar-refractivity contribution in [1.29, 1.82) is 0 Å². The molecule has 3 rings (SSSR count). The molecule has 0 bridgehead atoms. The topological polar surface area (TPSA) is 63.2 Å². The largest absolute Gasteiger partial charge is 0.493 e. The van der Waals surface area contributed by atoms with E-state index in [1.807, 2.05) is 42.5 Å². The van der Waals surface area contributed by atoms with Crippen molar-refractivity contribution < 1.29 is 28.5 Å². The number of para-hydroxylation sites is 1. The molecule has 3 aromatic carbocycles. The number of methoxy groups -OCH3 is 2. The van der Waals surface area contributed by atoms with Crippen LogP contribution in [0.5, 0.6) is 23.0 Å². The van der Waals surface area contributed by atoms with Crippen LogP contribution in [0.2, 0.25) is 0 Å². The van der Waals surface area contributed by atoms with Gasteiger partial charge in [0.05, 0.1) is 14.2 Å². The third-order valence-electron chi connectivity index (χ3n) is 4.30. The first-order valence-electron chi connectivity index (χ1n) is 9.44. The van der Waals surface area contributed by atoms with E-state index < -0.39 is 5.97 Å². The third-order valence-corrected chi connectivity index (χ3v) is 4.30. The Kier molecular flexibility index (Phi) is 7.55. The van der Waals surface area contributed by atoms with Gasteiger partial charge < -0.3 is 23.7 Å². The van der Waals surface area contributed by atoms with Gasteiger partial charge in [0.15, 0.2) is 18.1 Å². The highest BCUT2D eigenvalue weighted by atomic mass is 16.6. The molecule has 3 aromatic rings. The SMILES string of the molecule is COc1cccc(COC(=O)COc2ccc(OCc3ccccc3)cc2)c1OC. The molecule has 30 heavy (non-hydrogen) atoms. The van der Waals surface area contributed by atoms with Gasteiger partial charge >= 0.3 is 5.97 Å². The summed E-state index contributed by atoms with van der Waals surface area (Å²) in [6.45, 7) is 0.354. The van der Waals surface area contributed by atoms with Crippen LogP contribution in [-0.4, -0.2) is 26.8 Å². The molecule has 6 heteroatoms. The molecular formula is C24H24O6. The van der Waals surface area contributed by atoms with Crippen molar-refractivity contribution in [2.24, 2.45) is 0 Å². The standard InChI is InChI=1S/C24H24O6/c1-26-22-10-6-9-19(24(22)27-2)16-30-23(25)17-29-21-13-11-20(12-14-21)28-15-18-7-4-3-5-8-18/h3-14H,15-17H2,1-2H3. The van der Waals surface area contributed by atoms with E-state index in [2.05, 4.69) is 0 Å². The van der Waals surface area contributed by atoms with Gasteiger partial charge in [-0.3, -0.25) is 0 Å². The fourth-order valence-electron chi connectivity index (χ4n) is 2.78. The summed E-state index contributed by atoms with van der Waals surface area (Å²) in [7, 11) is 3.10. The lowest BCUT2D eigenvalue weighted by Crippen LogP contribution is -2.15. The Labute approximate surface area is 175 Å². The second-order valence-electron chi connectivity index (χ2n) is 6.35. The van der Waals surface area contributed by atoms with E-state index in [4.69, 9.17) is 23.7 Å². The van der Waals surface area contributed by atoms with Crippen LogP contribution in [0.1, 0.15) is 11.1 Å². The predicted octanol–water partition coefficient (Wildman–Crippen LogP) is 4.41. The van der Waals surface area contributed by atoms with Crippen LogP contribution in [-0.2, 0) is 22.7 Å². The van der Waals surface area contributed by atoms with Crippen LogP contribution >= 0.6 is 0 Å². The van der Waals surface area contributed by atoms with E-state index >= 15 is 0 Å². The molecule has 156 valence electrons. The van der Waals surface area contributed by atoms with Gasteiger partial charge in [-0.2, -0.15) is 0 Å². The number of ether oxygens (including phenoxy) is 5. The van der Waals surface area contributed by atoms with Gasteiger partial charge in [-0.15, -0.1) is 0 Å². The third kappa shape index (κ3) is 5.91. The number of benzene rings is 3. The van der Waals surface area contributed by atoms with E-state index in [1.54, 1.807) is 44.6 Å². The Morgan fingerprint density at radius 3 is 2.10 bits per heavy atom. The Morgan fingerprint density at radius 1 is 0.733 bits per heavy atom. The van der Waals surface area contributed by atoms with Gasteiger partial charge in [0.2, 0.25) is 0 Å². The first kappa shape index (κ1) is 21.0. The van der Waals surface area contributed by atoms with Gasteiger partial charge in [-0.05, 0) is 35.9 Å². The molecule has 0 spiro atoms. The molecule has 0 saturated carbocycles. The zero-order valence-electron chi connectivity index (χ0n) is 17.0. The quantitative estimate of drug-likeness (QED) is 0.463. The van der Waals surface area contributed by atoms with E-state index in [0.717, 1.165) is 11.3 Å². The van der Waals surface area contributed by atoms with Crippen molar-refractivity contribution in [3.63, 3.8) is 0 Å². The van der Waals surface area contributed by atoms with Crippen molar-refractivity contribution in [2.75, 3.05) is 20.8 Å². The summed E-state index contributed by atoms with van der Waals surface area (Å²) in [5.41, 5.74) is 1.80. The zero-order chi connectivity index (χ0) is 21.2. The molecule has 0 unspecified atom stereocenters. The van der Waals surface area contributed by atoms with Gasteiger partial charge in [0, 0.05) is 5.56 Å². The lowest BCUT2D eigenvalue weighted by molar-refractivity contribution is -0.147. The van der Waals surface area contributed by atoms with Gasteiger partial charge in [0.1, 0.15) is 24.7 Å². The second-order valence-corrected chi connectivity index (χ2v) is 6.35.